The topological polar surface area (TPSA) is 93.1 Å². The summed E-state index contributed by atoms with van der Waals surface area (Å²) in [6.07, 6.45) is 4.76. The molecule has 0 aromatic heterocycles. The summed E-state index contributed by atoms with van der Waals surface area (Å²) < 4.78 is 11.2. The maximum absolute atomic E-state index is 12.5. The fourth-order valence-corrected chi connectivity index (χ4v) is 5.26. The van der Waals surface area contributed by atoms with E-state index in [1.54, 1.807) is 26.0 Å². The van der Waals surface area contributed by atoms with E-state index in [1.807, 2.05) is 13.8 Å². The molecule has 2 fully saturated rings. The SMILES string of the molecule is C=C(C)[C@@H]1C[C@]2(C)[C@@H](C)[C@H](OC(=O)/C=C\[C@@H](CC)OC(=O)/C(C)=C\C)CC[C@H]2[C@H](O)[C@@H]1O. The van der Waals surface area contributed by atoms with E-state index in [1.165, 1.54) is 6.08 Å². The Morgan fingerprint density at radius 3 is 2.44 bits per heavy atom. The minimum absolute atomic E-state index is 0.0136. The van der Waals surface area contributed by atoms with Crippen LogP contribution in [-0.2, 0) is 19.1 Å². The van der Waals surface area contributed by atoms with Gasteiger partial charge in [-0.15, -0.1) is 0 Å². The highest BCUT2D eigenvalue weighted by molar-refractivity contribution is 5.88. The molecule has 180 valence electrons. The molecule has 2 aliphatic rings. The predicted octanol–water partition coefficient (Wildman–Crippen LogP) is 4.11. The van der Waals surface area contributed by atoms with Gasteiger partial charge in [-0.05, 0) is 69.8 Å². The third-order valence-electron chi connectivity index (χ3n) is 7.80. The minimum atomic E-state index is -0.810. The number of hydrogen-bond donors (Lipinski definition) is 2. The molecule has 2 saturated carbocycles. The summed E-state index contributed by atoms with van der Waals surface area (Å²) in [5.41, 5.74) is 1.10. The van der Waals surface area contributed by atoms with Gasteiger partial charge in [0.2, 0.25) is 0 Å². The lowest BCUT2D eigenvalue weighted by Gasteiger charge is -2.57. The minimum Gasteiger partial charge on any atom is -0.459 e. The lowest BCUT2D eigenvalue weighted by molar-refractivity contribution is -0.185. The molecule has 32 heavy (non-hydrogen) atoms. The predicted molar refractivity (Wildman–Crippen MR) is 124 cm³/mol. The second-order valence-corrected chi connectivity index (χ2v) is 9.77. The number of esters is 2. The molecule has 0 heterocycles. The van der Waals surface area contributed by atoms with Crippen molar-refractivity contribution in [2.45, 2.75) is 91.6 Å². The van der Waals surface area contributed by atoms with Crippen LogP contribution in [0.1, 0.15) is 67.2 Å². The second kappa shape index (κ2) is 10.8. The Labute approximate surface area is 192 Å². The van der Waals surface area contributed by atoms with Crippen molar-refractivity contribution in [3.8, 4) is 0 Å². The summed E-state index contributed by atoms with van der Waals surface area (Å²) in [4.78, 5) is 24.5. The summed E-state index contributed by atoms with van der Waals surface area (Å²) in [7, 11) is 0. The quantitative estimate of drug-likeness (QED) is 0.346. The lowest BCUT2D eigenvalue weighted by atomic mass is 9.51. The van der Waals surface area contributed by atoms with Gasteiger partial charge in [-0.1, -0.05) is 39.0 Å². The van der Waals surface area contributed by atoms with E-state index in [0.717, 1.165) is 5.57 Å². The van der Waals surface area contributed by atoms with Crippen LogP contribution in [-0.4, -0.2) is 46.6 Å². The van der Waals surface area contributed by atoms with E-state index in [0.29, 0.717) is 31.3 Å². The Morgan fingerprint density at radius 2 is 1.88 bits per heavy atom. The Morgan fingerprint density at radius 1 is 1.22 bits per heavy atom. The Balaban J connectivity index is 2.06. The van der Waals surface area contributed by atoms with Crippen LogP contribution in [0.4, 0.5) is 0 Å². The molecule has 0 bridgehead atoms. The smallest absolute Gasteiger partial charge is 0.333 e. The van der Waals surface area contributed by atoms with E-state index >= 15 is 0 Å². The number of aliphatic hydroxyl groups is 2. The van der Waals surface area contributed by atoms with Crippen molar-refractivity contribution in [2.24, 2.45) is 23.2 Å². The van der Waals surface area contributed by atoms with E-state index in [4.69, 9.17) is 9.47 Å². The van der Waals surface area contributed by atoms with Crippen LogP contribution < -0.4 is 0 Å². The zero-order valence-corrected chi connectivity index (χ0v) is 20.3. The number of ether oxygens (including phenoxy) is 2. The second-order valence-electron chi connectivity index (χ2n) is 9.77. The van der Waals surface area contributed by atoms with Gasteiger partial charge in [-0.3, -0.25) is 0 Å². The van der Waals surface area contributed by atoms with E-state index < -0.39 is 30.3 Å². The Kier molecular flexibility index (Phi) is 8.89. The highest BCUT2D eigenvalue weighted by atomic mass is 16.5. The van der Waals surface area contributed by atoms with E-state index in [9.17, 15) is 19.8 Å². The molecule has 8 atom stereocenters. The van der Waals surface area contributed by atoms with Crippen LogP contribution in [0.3, 0.4) is 0 Å². The van der Waals surface area contributed by atoms with Gasteiger partial charge >= 0.3 is 11.9 Å². The highest BCUT2D eigenvalue weighted by Crippen LogP contribution is 2.56. The number of carbonyl (C=O) groups is 2. The molecule has 2 rings (SSSR count). The maximum Gasteiger partial charge on any atom is 0.333 e. The van der Waals surface area contributed by atoms with Gasteiger partial charge in [0.1, 0.15) is 12.2 Å². The van der Waals surface area contributed by atoms with Crippen molar-refractivity contribution in [1.29, 1.82) is 0 Å². The first kappa shape index (κ1) is 26.3. The van der Waals surface area contributed by atoms with Crippen LogP contribution in [0.15, 0.2) is 36.0 Å². The van der Waals surface area contributed by atoms with Gasteiger partial charge in [0.15, 0.2) is 0 Å². The van der Waals surface area contributed by atoms with Crippen molar-refractivity contribution in [3.63, 3.8) is 0 Å². The molecule has 0 amide bonds. The molecule has 0 spiro atoms. The van der Waals surface area contributed by atoms with Crippen molar-refractivity contribution < 1.29 is 29.3 Å². The van der Waals surface area contributed by atoms with Gasteiger partial charge in [-0.2, -0.15) is 0 Å². The first-order valence-corrected chi connectivity index (χ1v) is 11.7. The van der Waals surface area contributed by atoms with Gasteiger partial charge in [-0.25, -0.2) is 9.59 Å². The van der Waals surface area contributed by atoms with E-state index in [-0.39, 0.29) is 29.3 Å². The Bertz CT molecular complexity index is 768. The molecule has 0 unspecified atom stereocenters. The molecule has 2 aliphatic carbocycles. The summed E-state index contributed by atoms with van der Waals surface area (Å²) >= 11 is 0. The largest absolute Gasteiger partial charge is 0.459 e. The number of carbonyl (C=O) groups excluding carboxylic acids is 2. The third-order valence-corrected chi connectivity index (χ3v) is 7.80. The zero-order valence-electron chi connectivity index (χ0n) is 20.3. The molecular formula is C26H40O6. The lowest BCUT2D eigenvalue weighted by Crippen LogP contribution is -2.59. The standard InChI is InChI=1S/C26H40O6/c1-8-16(5)25(30)31-18(9-2)10-13-22(27)32-21-12-11-20-24(29)23(28)19(15(3)4)14-26(20,7)17(21)6/h8,10,13,17-21,23-24,28-29H,3,9,11-12,14H2,1-2,4-7H3/b13-10-,16-8-/t17-,18+,19-,20-,21+,23+,24-,26+/m0/s1. The summed E-state index contributed by atoms with van der Waals surface area (Å²) in [6.45, 7) is 15.4. The van der Waals surface area contributed by atoms with Crippen molar-refractivity contribution >= 4 is 11.9 Å². The van der Waals surface area contributed by atoms with Gasteiger partial charge in [0.05, 0.1) is 12.2 Å². The van der Waals surface area contributed by atoms with Crippen LogP contribution in [0.25, 0.3) is 0 Å². The van der Waals surface area contributed by atoms with Gasteiger partial charge in [0.25, 0.3) is 0 Å². The maximum atomic E-state index is 12.5. The van der Waals surface area contributed by atoms with Gasteiger partial charge in [0, 0.05) is 17.6 Å². The van der Waals surface area contributed by atoms with Crippen LogP contribution in [0.5, 0.6) is 0 Å². The number of fused-ring (bicyclic) bond motifs is 1. The van der Waals surface area contributed by atoms with Crippen LogP contribution in [0, 0.1) is 23.2 Å². The number of rotatable bonds is 7. The summed E-state index contributed by atoms with van der Waals surface area (Å²) in [6, 6.07) is 0. The first-order chi connectivity index (χ1) is 15.0. The highest BCUT2D eigenvalue weighted by Gasteiger charge is 2.56. The molecule has 0 aliphatic heterocycles. The van der Waals surface area contributed by atoms with Gasteiger partial charge < -0.3 is 19.7 Å². The summed E-state index contributed by atoms with van der Waals surface area (Å²) in [5.74, 6) is -1.08. The molecule has 0 aromatic rings. The molecule has 0 saturated heterocycles. The monoisotopic (exact) mass is 448 g/mol. The number of allylic oxidation sites excluding steroid dienone is 1. The zero-order chi connectivity index (χ0) is 24.2. The first-order valence-electron chi connectivity index (χ1n) is 11.7. The number of hydrogen-bond acceptors (Lipinski definition) is 6. The van der Waals surface area contributed by atoms with Crippen molar-refractivity contribution in [3.05, 3.63) is 36.0 Å². The molecule has 6 heteroatoms. The summed E-state index contributed by atoms with van der Waals surface area (Å²) in [5, 5.41) is 21.4. The van der Waals surface area contributed by atoms with E-state index in [2.05, 4.69) is 20.4 Å². The molecular weight excluding hydrogens is 408 g/mol. The Hall–Kier alpha value is -1.92. The average Bonchev–Trinajstić information content (AvgIpc) is 2.75. The molecule has 6 nitrogen and oxygen atoms in total. The molecule has 0 aromatic carbocycles. The fourth-order valence-electron chi connectivity index (χ4n) is 5.26. The third kappa shape index (κ3) is 5.52. The molecule has 2 N–H and O–H groups in total. The van der Waals surface area contributed by atoms with Crippen LogP contribution >= 0.6 is 0 Å². The molecule has 0 radical (unpaired) electrons. The fraction of sp³-hybridized carbons (Fsp3) is 0.692. The average molecular weight is 449 g/mol. The van der Waals surface area contributed by atoms with Crippen molar-refractivity contribution in [2.75, 3.05) is 0 Å². The van der Waals surface area contributed by atoms with Crippen molar-refractivity contribution in [1.82, 2.24) is 0 Å². The van der Waals surface area contributed by atoms with Crippen LogP contribution in [0.2, 0.25) is 0 Å². The number of aliphatic hydroxyl groups excluding tert-OH is 2. The normalized spacial score (nSPS) is 36.3.